The van der Waals surface area contributed by atoms with E-state index in [1.165, 1.54) is 43.2 Å². The van der Waals surface area contributed by atoms with Gasteiger partial charge in [0.2, 0.25) is 0 Å². The van der Waals surface area contributed by atoms with Gasteiger partial charge in [-0.05, 0) is 42.0 Å². The van der Waals surface area contributed by atoms with Crippen molar-refractivity contribution in [1.82, 2.24) is 9.55 Å². The minimum absolute atomic E-state index is 0.0306. The molecule has 0 bridgehead atoms. The molecule has 3 aromatic rings. The Kier molecular flexibility index (Phi) is 5.85. The van der Waals surface area contributed by atoms with Gasteiger partial charge in [0, 0.05) is 6.54 Å². The molecule has 0 amide bonds. The fraction of sp³-hybridized carbons (Fsp3) is 0.435. The molecule has 2 aromatic carbocycles. The lowest BCUT2D eigenvalue weighted by Crippen LogP contribution is -2.09. The van der Waals surface area contributed by atoms with E-state index in [0.29, 0.717) is 13.2 Å². The van der Waals surface area contributed by atoms with Crippen LogP contribution in [0.5, 0.6) is 0 Å². The summed E-state index contributed by atoms with van der Waals surface area (Å²) in [6.45, 7) is 1.56. The molecular formula is C23H28N2O2. The van der Waals surface area contributed by atoms with Crippen LogP contribution in [0.2, 0.25) is 0 Å². The zero-order chi connectivity index (χ0) is 18.5. The van der Waals surface area contributed by atoms with Gasteiger partial charge in [0.25, 0.3) is 0 Å². The van der Waals surface area contributed by atoms with Gasteiger partial charge in [0.15, 0.2) is 0 Å². The number of fused-ring (bicyclic) bond motifs is 1. The molecule has 0 atom stereocenters. The monoisotopic (exact) mass is 364 g/mol. The largest absolute Gasteiger partial charge is 0.394 e. The lowest BCUT2D eigenvalue weighted by atomic mass is 9.84. The molecule has 0 spiro atoms. The van der Waals surface area contributed by atoms with Gasteiger partial charge in [-0.15, -0.1) is 0 Å². The number of rotatable bonds is 7. The summed E-state index contributed by atoms with van der Waals surface area (Å²) in [6, 6.07) is 17.3. The molecule has 0 aliphatic heterocycles. The molecule has 142 valence electrons. The molecule has 1 aliphatic carbocycles. The summed E-state index contributed by atoms with van der Waals surface area (Å²) in [7, 11) is 0. The van der Waals surface area contributed by atoms with Crippen molar-refractivity contribution in [2.75, 3.05) is 13.2 Å². The quantitative estimate of drug-likeness (QED) is 0.621. The number of benzene rings is 2. The normalized spacial score (nSPS) is 15.4. The molecule has 0 radical (unpaired) electrons. The summed E-state index contributed by atoms with van der Waals surface area (Å²) in [5, 5.41) is 8.97. The van der Waals surface area contributed by atoms with Gasteiger partial charge in [-0.1, -0.05) is 55.7 Å². The van der Waals surface area contributed by atoms with E-state index in [1.807, 2.05) is 18.2 Å². The molecule has 1 aliphatic rings. The number of hydrogen-bond acceptors (Lipinski definition) is 3. The van der Waals surface area contributed by atoms with Crippen LogP contribution in [0.25, 0.3) is 11.0 Å². The molecular weight excluding hydrogens is 336 g/mol. The molecule has 1 saturated carbocycles. The number of hydrogen-bond donors (Lipinski definition) is 1. The average Bonchev–Trinajstić information content (AvgIpc) is 3.07. The Morgan fingerprint density at radius 1 is 1.00 bits per heavy atom. The van der Waals surface area contributed by atoms with E-state index in [-0.39, 0.29) is 6.61 Å². The van der Waals surface area contributed by atoms with Crippen molar-refractivity contribution < 1.29 is 9.84 Å². The van der Waals surface area contributed by atoms with Crippen LogP contribution in [-0.2, 0) is 17.9 Å². The zero-order valence-corrected chi connectivity index (χ0v) is 15.8. The van der Waals surface area contributed by atoms with Gasteiger partial charge in [0.05, 0.1) is 24.2 Å². The van der Waals surface area contributed by atoms with Crippen molar-refractivity contribution in [3.8, 4) is 0 Å². The van der Waals surface area contributed by atoms with Gasteiger partial charge < -0.3 is 14.4 Å². The van der Waals surface area contributed by atoms with E-state index in [1.54, 1.807) is 0 Å². The van der Waals surface area contributed by atoms with E-state index < -0.39 is 0 Å². The third-order valence-electron chi connectivity index (χ3n) is 5.60. The van der Waals surface area contributed by atoms with Crippen molar-refractivity contribution >= 4 is 11.0 Å². The fourth-order valence-corrected chi connectivity index (χ4v) is 4.15. The van der Waals surface area contributed by atoms with Crippen LogP contribution in [0.15, 0.2) is 48.5 Å². The van der Waals surface area contributed by atoms with Gasteiger partial charge in [-0.2, -0.15) is 0 Å². The van der Waals surface area contributed by atoms with Crippen LogP contribution < -0.4 is 0 Å². The Labute approximate surface area is 160 Å². The molecule has 27 heavy (non-hydrogen) atoms. The number of aromatic nitrogens is 2. The Morgan fingerprint density at radius 3 is 2.56 bits per heavy atom. The van der Waals surface area contributed by atoms with Gasteiger partial charge in [-0.25, -0.2) is 4.98 Å². The van der Waals surface area contributed by atoms with Crippen molar-refractivity contribution in [3.63, 3.8) is 0 Å². The van der Waals surface area contributed by atoms with Crippen LogP contribution in [0.3, 0.4) is 0 Å². The minimum atomic E-state index is 0.0306. The first-order valence-corrected chi connectivity index (χ1v) is 10.1. The van der Waals surface area contributed by atoms with Crippen LogP contribution in [0.1, 0.15) is 55.0 Å². The molecule has 1 aromatic heterocycles. The SMILES string of the molecule is OCCOCc1nc2ccccc2n1Cc1ccc(C2CCCCC2)cc1. The summed E-state index contributed by atoms with van der Waals surface area (Å²) in [4.78, 5) is 4.73. The second-order valence-electron chi connectivity index (χ2n) is 7.46. The summed E-state index contributed by atoms with van der Waals surface area (Å²) in [6.07, 6.45) is 6.79. The van der Waals surface area contributed by atoms with Crippen molar-refractivity contribution in [3.05, 3.63) is 65.5 Å². The highest BCUT2D eigenvalue weighted by molar-refractivity contribution is 5.76. The predicted octanol–water partition coefficient (Wildman–Crippen LogP) is 4.64. The van der Waals surface area contributed by atoms with E-state index >= 15 is 0 Å². The average molecular weight is 364 g/mol. The zero-order valence-electron chi connectivity index (χ0n) is 15.8. The number of nitrogens with zero attached hydrogens (tertiary/aromatic N) is 2. The molecule has 1 heterocycles. The predicted molar refractivity (Wildman–Crippen MR) is 108 cm³/mol. The first-order chi connectivity index (χ1) is 13.3. The number of ether oxygens (including phenoxy) is 1. The fourth-order valence-electron chi connectivity index (χ4n) is 4.15. The molecule has 4 nitrogen and oxygen atoms in total. The molecule has 0 unspecified atom stereocenters. The number of aliphatic hydroxyl groups is 1. The third-order valence-corrected chi connectivity index (χ3v) is 5.60. The van der Waals surface area contributed by atoms with Crippen LogP contribution in [0, 0.1) is 0 Å². The second-order valence-corrected chi connectivity index (χ2v) is 7.46. The highest BCUT2D eigenvalue weighted by atomic mass is 16.5. The molecule has 4 rings (SSSR count). The van der Waals surface area contributed by atoms with Gasteiger partial charge in [-0.3, -0.25) is 0 Å². The van der Waals surface area contributed by atoms with E-state index in [9.17, 15) is 0 Å². The maximum atomic E-state index is 8.97. The minimum Gasteiger partial charge on any atom is -0.394 e. The Hall–Kier alpha value is -2.17. The molecule has 1 N–H and O–H groups in total. The summed E-state index contributed by atoms with van der Waals surface area (Å²) >= 11 is 0. The van der Waals surface area contributed by atoms with Crippen molar-refractivity contribution in [2.45, 2.75) is 51.2 Å². The van der Waals surface area contributed by atoms with Crippen LogP contribution in [-0.4, -0.2) is 27.9 Å². The van der Waals surface area contributed by atoms with E-state index in [2.05, 4.69) is 34.9 Å². The van der Waals surface area contributed by atoms with E-state index in [4.69, 9.17) is 14.8 Å². The number of para-hydroxylation sites is 2. The number of imidazole rings is 1. The third kappa shape index (κ3) is 4.23. The Morgan fingerprint density at radius 2 is 1.78 bits per heavy atom. The maximum absolute atomic E-state index is 8.97. The Balaban J connectivity index is 1.55. The molecule has 1 fully saturated rings. The topological polar surface area (TPSA) is 47.3 Å². The summed E-state index contributed by atoms with van der Waals surface area (Å²) in [5.74, 6) is 1.64. The number of aliphatic hydroxyl groups excluding tert-OH is 1. The van der Waals surface area contributed by atoms with Gasteiger partial charge in [0.1, 0.15) is 12.4 Å². The summed E-state index contributed by atoms with van der Waals surface area (Å²) < 4.78 is 7.77. The van der Waals surface area contributed by atoms with Crippen LogP contribution >= 0.6 is 0 Å². The maximum Gasteiger partial charge on any atom is 0.136 e. The standard InChI is InChI=1S/C23H28N2O2/c26-14-15-27-17-23-24-21-8-4-5-9-22(21)25(23)16-18-10-12-20(13-11-18)19-6-2-1-3-7-19/h4-5,8-13,19,26H,1-3,6-7,14-17H2. The van der Waals surface area contributed by atoms with Crippen molar-refractivity contribution in [1.29, 1.82) is 0 Å². The van der Waals surface area contributed by atoms with Crippen molar-refractivity contribution in [2.24, 2.45) is 0 Å². The Bertz CT molecular complexity index is 864. The lowest BCUT2D eigenvalue weighted by Gasteiger charge is -2.22. The lowest BCUT2D eigenvalue weighted by molar-refractivity contribution is 0.0764. The van der Waals surface area contributed by atoms with Gasteiger partial charge >= 0.3 is 0 Å². The van der Waals surface area contributed by atoms with Crippen LogP contribution in [0.4, 0.5) is 0 Å². The highest BCUT2D eigenvalue weighted by Gasteiger charge is 2.16. The molecule has 0 saturated heterocycles. The summed E-state index contributed by atoms with van der Waals surface area (Å²) in [5.41, 5.74) is 4.87. The van der Waals surface area contributed by atoms with E-state index in [0.717, 1.165) is 29.3 Å². The first-order valence-electron chi connectivity index (χ1n) is 10.1. The highest BCUT2D eigenvalue weighted by Crippen LogP contribution is 2.32. The second kappa shape index (κ2) is 8.68. The first kappa shape index (κ1) is 18.2. The molecule has 4 heteroatoms. The smallest absolute Gasteiger partial charge is 0.136 e.